The zero-order valence-corrected chi connectivity index (χ0v) is 15.3. The lowest BCUT2D eigenvalue weighted by Gasteiger charge is -2.28. The quantitative estimate of drug-likeness (QED) is 0.414. The highest BCUT2D eigenvalue weighted by molar-refractivity contribution is 5.08. The lowest BCUT2D eigenvalue weighted by molar-refractivity contribution is 0.0213. The molecule has 24 heavy (non-hydrogen) atoms. The Morgan fingerprint density at radius 3 is 2.83 bits per heavy atom. The summed E-state index contributed by atoms with van der Waals surface area (Å²) < 4.78 is 5.90. The molecular weight excluding hydrogens is 300 g/mol. The van der Waals surface area contributed by atoms with Crippen molar-refractivity contribution >= 4 is 0 Å². The van der Waals surface area contributed by atoms with Gasteiger partial charge in [-0.1, -0.05) is 50.5 Å². The molecule has 1 saturated carbocycles. The van der Waals surface area contributed by atoms with E-state index in [0.717, 1.165) is 45.1 Å². The summed E-state index contributed by atoms with van der Waals surface area (Å²) in [7, 11) is 0. The van der Waals surface area contributed by atoms with Crippen molar-refractivity contribution in [2.24, 2.45) is 17.8 Å². The van der Waals surface area contributed by atoms with Crippen LogP contribution < -0.4 is 0 Å². The SMILES string of the molecule is CCCCC[C@H](O)/C=C/[C@@H]1[C@@H](C/C=C\CCCCO)[C@@H]2CO[C@H]1C2. The second-order valence-corrected chi connectivity index (χ2v) is 7.48. The molecule has 138 valence electrons. The maximum Gasteiger partial charge on any atom is 0.0721 e. The van der Waals surface area contributed by atoms with E-state index in [-0.39, 0.29) is 6.10 Å². The minimum absolute atomic E-state index is 0.297. The number of hydrogen-bond acceptors (Lipinski definition) is 3. The van der Waals surface area contributed by atoms with Gasteiger partial charge >= 0.3 is 0 Å². The Kier molecular flexibility index (Phi) is 9.08. The van der Waals surface area contributed by atoms with Gasteiger partial charge in [-0.15, -0.1) is 0 Å². The number of aliphatic hydroxyl groups is 2. The highest BCUT2D eigenvalue weighted by Gasteiger charge is 2.46. The summed E-state index contributed by atoms with van der Waals surface area (Å²) >= 11 is 0. The van der Waals surface area contributed by atoms with E-state index < -0.39 is 0 Å². The molecule has 1 aliphatic carbocycles. The summed E-state index contributed by atoms with van der Waals surface area (Å²) in [4.78, 5) is 0. The van der Waals surface area contributed by atoms with Crippen LogP contribution >= 0.6 is 0 Å². The van der Waals surface area contributed by atoms with Gasteiger partial charge in [0.1, 0.15) is 0 Å². The highest BCUT2D eigenvalue weighted by Crippen LogP contribution is 2.47. The summed E-state index contributed by atoms with van der Waals surface area (Å²) in [6.07, 6.45) is 18.6. The van der Waals surface area contributed by atoms with Crippen molar-refractivity contribution in [1.29, 1.82) is 0 Å². The molecule has 0 aromatic rings. The topological polar surface area (TPSA) is 49.7 Å². The summed E-state index contributed by atoms with van der Waals surface area (Å²) in [6, 6.07) is 0. The molecule has 0 spiro atoms. The van der Waals surface area contributed by atoms with Crippen molar-refractivity contribution in [3.8, 4) is 0 Å². The third-order valence-corrected chi connectivity index (χ3v) is 5.60. The molecule has 0 amide bonds. The Morgan fingerprint density at radius 2 is 2.04 bits per heavy atom. The molecule has 3 heteroatoms. The van der Waals surface area contributed by atoms with Gasteiger partial charge in [-0.2, -0.15) is 0 Å². The summed E-state index contributed by atoms with van der Waals surface area (Å²) in [6.45, 7) is 3.40. The zero-order chi connectivity index (χ0) is 17.2. The fourth-order valence-corrected chi connectivity index (χ4v) is 4.16. The van der Waals surface area contributed by atoms with Crippen LogP contribution in [0.2, 0.25) is 0 Å². The lowest BCUT2D eigenvalue weighted by atomic mass is 9.84. The fourth-order valence-electron chi connectivity index (χ4n) is 4.16. The van der Waals surface area contributed by atoms with Crippen molar-refractivity contribution in [2.45, 2.75) is 76.9 Å². The van der Waals surface area contributed by atoms with Gasteiger partial charge in [0.15, 0.2) is 0 Å². The minimum atomic E-state index is -0.301. The Hall–Kier alpha value is -0.640. The second kappa shape index (κ2) is 11.1. The van der Waals surface area contributed by atoms with Crippen molar-refractivity contribution in [3.05, 3.63) is 24.3 Å². The number of allylic oxidation sites excluding steroid dienone is 2. The molecule has 0 aromatic heterocycles. The molecule has 2 bridgehead atoms. The van der Waals surface area contributed by atoms with Crippen molar-refractivity contribution in [3.63, 3.8) is 0 Å². The maximum atomic E-state index is 10.1. The number of hydrogen-bond donors (Lipinski definition) is 2. The number of aliphatic hydroxyl groups excluding tert-OH is 2. The van der Waals surface area contributed by atoms with Crippen LogP contribution in [0.25, 0.3) is 0 Å². The van der Waals surface area contributed by atoms with Gasteiger partial charge in [0.25, 0.3) is 0 Å². The van der Waals surface area contributed by atoms with E-state index in [1.165, 1.54) is 19.3 Å². The molecule has 1 heterocycles. The van der Waals surface area contributed by atoms with Crippen molar-refractivity contribution in [1.82, 2.24) is 0 Å². The normalized spacial score (nSPS) is 30.8. The van der Waals surface area contributed by atoms with Crippen molar-refractivity contribution in [2.75, 3.05) is 13.2 Å². The Bertz CT molecular complexity index is 391. The van der Waals surface area contributed by atoms with E-state index >= 15 is 0 Å². The molecule has 2 aliphatic rings. The fraction of sp³-hybridized carbons (Fsp3) is 0.810. The minimum Gasteiger partial charge on any atom is -0.396 e. The van der Waals surface area contributed by atoms with Crippen LogP contribution in [0, 0.1) is 17.8 Å². The number of unbranched alkanes of at least 4 members (excludes halogenated alkanes) is 4. The number of ether oxygens (including phenoxy) is 1. The molecule has 0 radical (unpaired) electrons. The first-order valence-electron chi connectivity index (χ1n) is 10.00. The third-order valence-electron chi connectivity index (χ3n) is 5.60. The standard InChI is InChI=1S/C21H36O3/c1-2-3-7-10-18(23)12-13-20-19(17-15-21(20)24-16-17)11-8-5-4-6-9-14-22/h5,8,12-13,17-23H,2-4,6-7,9-11,14-16H2,1H3/b8-5-,13-12+/t17-,18-,19-,20+,21-/m0/s1. The van der Waals surface area contributed by atoms with Crippen LogP contribution in [0.3, 0.4) is 0 Å². The number of rotatable bonds is 12. The van der Waals surface area contributed by atoms with Crippen LogP contribution in [-0.2, 0) is 4.74 Å². The predicted molar refractivity (Wildman–Crippen MR) is 98.8 cm³/mol. The van der Waals surface area contributed by atoms with Crippen LogP contribution in [0.4, 0.5) is 0 Å². The molecular formula is C21H36O3. The van der Waals surface area contributed by atoms with E-state index in [2.05, 4.69) is 25.2 Å². The summed E-state index contributed by atoms with van der Waals surface area (Å²) in [5.74, 6) is 1.81. The Morgan fingerprint density at radius 1 is 1.17 bits per heavy atom. The van der Waals surface area contributed by atoms with Gasteiger partial charge in [0.2, 0.25) is 0 Å². The molecule has 1 saturated heterocycles. The van der Waals surface area contributed by atoms with Crippen LogP contribution in [0.5, 0.6) is 0 Å². The van der Waals surface area contributed by atoms with Gasteiger partial charge in [0, 0.05) is 12.5 Å². The average Bonchev–Trinajstić information content (AvgIpc) is 3.18. The first-order valence-corrected chi connectivity index (χ1v) is 10.00. The van der Waals surface area contributed by atoms with Gasteiger partial charge in [-0.05, 0) is 50.4 Å². The first kappa shape index (κ1) is 19.7. The first-order chi connectivity index (χ1) is 11.8. The molecule has 1 aliphatic heterocycles. The second-order valence-electron chi connectivity index (χ2n) is 7.48. The molecule has 3 nitrogen and oxygen atoms in total. The van der Waals surface area contributed by atoms with E-state index in [1.54, 1.807) is 0 Å². The molecule has 5 atom stereocenters. The molecule has 0 aromatic carbocycles. The van der Waals surface area contributed by atoms with Crippen LogP contribution in [0.15, 0.2) is 24.3 Å². The van der Waals surface area contributed by atoms with Crippen LogP contribution in [0.1, 0.15) is 64.7 Å². The average molecular weight is 337 g/mol. The summed E-state index contributed by atoms with van der Waals surface area (Å²) in [5, 5.41) is 18.9. The largest absolute Gasteiger partial charge is 0.396 e. The van der Waals surface area contributed by atoms with Gasteiger partial charge in [-0.3, -0.25) is 0 Å². The smallest absolute Gasteiger partial charge is 0.0721 e. The van der Waals surface area contributed by atoms with E-state index in [1.807, 2.05) is 6.08 Å². The lowest BCUT2D eigenvalue weighted by Crippen LogP contribution is -2.27. The molecule has 2 fully saturated rings. The molecule has 2 rings (SSSR count). The van der Waals surface area contributed by atoms with E-state index in [0.29, 0.717) is 30.5 Å². The third kappa shape index (κ3) is 6.02. The Balaban J connectivity index is 1.78. The summed E-state index contributed by atoms with van der Waals surface area (Å²) in [5.41, 5.74) is 0. The molecule has 2 N–H and O–H groups in total. The molecule has 0 unspecified atom stereocenters. The van der Waals surface area contributed by atoms with Crippen molar-refractivity contribution < 1.29 is 14.9 Å². The Labute approximate surface area is 147 Å². The monoisotopic (exact) mass is 336 g/mol. The highest BCUT2D eigenvalue weighted by atomic mass is 16.5. The number of fused-ring (bicyclic) bond motifs is 2. The van der Waals surface area contributed by atoms with Gasteiger partial charge in [-0.25, -0.2) is 0 Å². The predicted octanol–water partition coefficient (Wildman–Crippen LogP) is 4.24. The van der Waals surface area contributed by atoms with Gasteiger partial charge in [0.05, 0.1) is 18.8 Å². The van der Waals surface area contributed by atoms with E-state index in [4.69, 9.17) is 9.84 Å². The van der Waals surface area contributed by atoms with E-state index in [9.17, 15) is 5.11 Å². The van der Waals surface area contributed by atoms with Crippen LogP contribution in [-0.4, -0.2) is 35.6 Å². The van der Waals surface area contributed by atoms with Gasteiger partial charge < -0.3 is 14.9 Å². The maximum absolute atomic E-state index is 10.1. The zero-order valence-electron chi connectivity index (χ0n) is 15.3.